The standard InChI is InChI=1S/C14H26O3/c1-2-11-16-12-7-6-10-14(15)17-13-8-4-3-5-9-13/h13H,2-12H2,1H3. The summed E-state index contributed by atoms with van der Waals surface area (Å²) in [6.45, 7) is 3.69. The maximum absolute atomic E-state index is 11.5. The van der Waals surface area contributed by atoms with E-state index in [2.05, 4.69) is 6.92 Å². The van der Waals surface area contributed by atoms with E-state index in [0.29, 0.717) is 6.42 Å². The van der Waals surface area contributed by atoms with Crippen molar-refractivity contribution in [3.05, 3.63) is 0 Å². The third-order valence-corrected chi connectivity index (χ3v) is 3.12. The number of carbonyl (C=O) groups excluding carboxylic acids is 1. The zero-order valence-corrected chi connectivity index (χ0v) is 11.1. The minimum atomic E-state index is -0.0209. The van der Waals surface area contributed by atoms with Crippen molar-refractivity contribution in [1.29, 1.82) is 0 Å². The average molecular weight is 242 g/mol. The number of carbonyl (C=O) groups is 1. The Morgan fingerprint density at radius 2 is 1.88 bits per heavy atom. The molecular weight excluding hydrogens is 216 g/mol. The van der Waals surface area contributed by atoms with Crippen molar-refractivity contribution < 1.29 is 14.3 Å². The third-order valence-electron chi connectivity index (χ3n) is 3.12. The summed E-state index contributed by atoms with van der Waals surface area (Å²) in [5.74, 6) is -0.0209. The molecule has 0 aromatic rings. The molecule has 0 heterocycles. The summed E-state index contributed by atoms with van der Waals surface area (Å²) in [7, 11) is 0. The van der Waals surface area contributed by atoms with Gasteiger partial charge in [0.25, 0.3) is 0 Å². The van der Waals surface area contributed by atoms with Gasteiger partial charge in [-0.2, -0.15) is 0 Å². The van der Waals surface area contributed by atoms with Crippen molar-refractivity contribution >= 4 is 5.97 Å². The molecule has 1 fully saturated rings. The third kappa shape index (κ3) is 7.37. The molecule has 17 heavy (non-hydrogen) atoms. The molecule has 0 radical (unpaired) electrons. The average Bonchev–Trinajstić information content (AvgIpc) is 2.35. The minimum absolute atomic E-state index is 0.0209. The zero-order chi connectivity index (χ0) is 12.3. The fourth-order valence-electron chi connectivity index (χ4n) is 2.15. The van der Waals surface area contributed by atoms with Crippen LogP contribution in [0.25, 0.3) is 0 Å². The Morgan fingerprint density at radius 1 is 1.12 bits per heavy atom. The van der Waals surface area contributed by atoms with E-state index >= 15 is 0 Å². The van der Waals surface area contributed by atoms with Gasteiger partial charge in [0.05, 0.1) is 0 Å². The second-order valence-electron chi connectivity index (χ2n) is 4.82. The van der Waals surface area contributed by atoms with E-state index < -0.39 is 0 Å². The highest BCUT2D eigenvalue weighted by Gasteiger charge is 2.17. The molecule has 0 spiro atoms. The smallest absolute Gasteiger partial charge is 0.306 e. The van der Waals surface area contributed by atoms with Gasteiger partial charge in [-0.15, -0.1) is 0 Å². The van der Waals surface area contributed by atoms with Crippen LogP contribution < -0.4 is 0 Å². The van der Waals surface area contributed by atoms with E-state index in [1.807, 2.05) is 0 Å². The fraction of sp³-hybridized carbons (Fsp3) is 0.929. The van der Waals surface area contributed by atoms with Gasteiger partial charge in [-0.25, -0.2) is 0 Å². The number of rotatable bonds is 8. The topological polar surface area (TPSA) is 35.5 Å². The van der Waals surface area contributed by atoms with Crippen LogP contribution in [-0.2, 0) is 14.3 Å². The number of ether oxygens (including phenoxy) is 2. The van der Waals surface area contributed by atoms with Gasteiger partial charge in [-0.05, 0) is 44.9 Å². The first kappa shape index (κ1) is 14.5. The second kappa shape index (κ2) is 9.46. The largest absolute Gasteiger partial charge is 0.462 e. The SMILES string of the molecule is CCCOCCCCC(=O)OC1CCCCC1. The number of unbranched alkanes of at least 4 members (excludes halogenated alkanes) is 1. The van der Waals surface area contributed by atoms with Crippen LogP contribution in [0.1, 0.15) is 64.7 Å². The van der Waals surface area contributed by atoms with E-state index in [9.17, 15) is 4.79 Å². The molecule has 0 bridgehead atoms. The Kier molecular flexibility index (Phi) is 8.06. The summed E-state index contributed by atoms with van der Waals surface area (Å²) in [4.78, 5) is 11.5. The summed E-state index contributed by atoms with van der Waals surface area (Å²) in [5.41, 5.74) is 0. The van der Waals surface area contributed by atoms with Crippen LogP contribution in [0.4, 0.5) is 0 Å². The number of hydrogen-bond acceptors (Lipinski definition) is 3. The van der Waals surface area contributed by atoms with Gasteiger partial charge in [0.15, 0.2) is 0 Å². The Hall–Kier alpha value is -0.570. The monoisotopic (exact) mass is 242 g/mol. The van der Waals surface area contributed by atoms with Crippen LogP contribution in [0.2, 0.25) is 0 Å². The van der Waals surface area contributed by atoms with Gasteiger partial charge in [0.2, 0.25) is 0 Å². The Labute approximate surface area is 105 Å². The fourth-order valence-corrected chi connectivity index (χ4v) is 2.15. The molecule has 1 saturated carbocycles. The van der Waals surface area contributed by atoms with Crippen molar-refractivity contribution in [3.8, 4) is 0 Å². The minimum Gasteiger partial charge on any atom is -0.462 e. The summed E-state index contributed by atoms with van der Waals surface area (Å²) < 4.78 is 10.8. The van der Waals surface area contributed by atoms with Crippen LogP contribution in [-0.4, -0.2) is 25.3 Å². The van der Waals surface area contributed by atoms with E-state index in [4.69, 9.17) is 9.47 Å². The van der Waals surface area contributed by atoms with Crippen LogP contribution in [0.3, 0.4) is 0 Å². The zero-order valence-electron chi connectivity index (χ0n) is 11.1. The van der Waals surface area contributed by atoms with Gasteiger partial charge >= 0.3 is 5.97 Å². The van der Waals surface area contributed by atoms with Crippen molar-refractivity contribution in [2.75, 3.05) is 13.2 Å². The lowest BCUT2D eigenvalue weighted by Crippen LogP contribution is -2.20. The van der Waals surface area contributed by atoms with Crippen molar-refractivity contribution in [3.63, 3.8) is 0 Å². The summed E-state index contributed by atoms with van der Waals surface area (Å²) in [6, 6.07) is 0. The Balaban J connectivity index is 1.93. The van der Waals surface area contributed by atoms with Crippen molar-refractivity contribution in [1.82, 2.24) is 0 Å². The molecule has 1 rings (SSSR count). The maximum atomic E-state index is 11.5. The van der Waals surface area contributed by atoms with Gasteiger partial charge in [-0.3, -0.25) is 4.79 Å². The predicted octanol–water partition coefficient (Wildman–Crippen LogP) is 3.46. The molecule has 0 atom stereocenters. The van der Waals surface area contributed by atoms with Crippen LogP contribution in [0.5, 0.6) is 0 Å². The Morgan fingerprint density at radius 3 is 2.59 bits per heavy atom. The number of hydrogen-bond donors (Lipinski definition) is 0. The lowest BCUT2D eigenvalue weighted by molar-refractivity contribution is -0.150. The van der Waals surface area contributed by atoms with Crippen LogP contribution in [0.15, 0.2) is 0 Å². The van der Waals surface area contributed by atoms with Gasteiger partial charge in [0.1, 0.15) is 6.10 Å². The maximum Gasteiger partial charge on any atom is 0.306 e. The molecule has 0 aromatic heterocycles. The molecule has 0 aliphatic heterocycles. The van der Waals surface area contributed by atoms with Gasteiger partial charge in [-0.1, -0.05) is 13.3 Å². The van der Waals surface area contributed by atoms with E-state index in [0.717, 1.165) is 45.3 Å². The van der Waals surface area contributed by atoms with Crippen molar-refractivity contribution in [2.24, 2.45) is 0 Å². The van der Waals surface area contributed by atoms with E-state index in [1.54, 1.807) is 0 Å². The normalized spacial score (nSPS) is 17.0. The first-order valence-corrected chi connectivity index (χ1v) is 7.10. The Bertz CT molecular complexity index is 198. The van der Waals surface area contributed by atoms with Gasteiger partial charge in [0, 0.05) is 19.6 Å². The summed E-state index contributed by atoms with van der Waals surface area (Å²) in [5, 5.41) is 0. The van der Waals surface area contributed by atoms with Gasteiger partial charge < -0.3 is 9.47 Å². The highest BCUT2D eigenvalue weighted by Crippen LogP contribution is 2.20. The molecule has 3 heteroatoms. The second-order valence-corrected chi connectivity index (χ2v) is 4.82. The molecule has 1 aliphatic carbocycles. The molecular formula is C14H26O3. The predicted molar refractivity (Wildman–Crippen MR) is 67.9 cm³/mol. The first-order chi connectivity index (χ1) is 8.33. The summed E-state index contributed by atoms with van der Waals surface area (Å²) in [6.07, 6.45) is 9.49. The molecule has 0 aromatic carbocycles. The van der Waals surface area contributed by atoms with E-state index in [-0.39, 0.29) is 12.1 Å². The molecule has 100 valence electrons. The molecule has 0 saturated heterocycles. The number of esters is 1. The molecule has 0 N–H and O–H groups in total. The van der Waals surface area contributed by atoms with Crippen LogP contribution in [0, 0.1) is 0 Å². The highest BCUT2D eigenvalue weighted by atomic mass is 16.5. The summed E-state index contributed by atoms with van der Waals surface area (Å²) >= 11 is 0. The highest BCUT2D eigenvalue weighted by molar-refractivity contribution is 5.69. The molecule has 0 unspecified atom stereocenters. The van der Waals surface area contributed by atoms with Crippen LogP contribution >= 0.6 is 0 Å². The lowest BCUT2D eigenvalue weighted by Gasteiger charge is -2.21. The van der Waals surface area contributed by atoms with E-state index in [1.165, 1.54) is 19.3 Å². The first-order valence-electron chi connectivity index (χ1n) is 7.10. The van der Waals surface area contributed by atoms with Crippen molar-refractivity contribution in [2.45, 2.75) is 70.8 Å². The quantitative estimate of drug-likeness (QED) is 0.483. The lowest BCUT2D eigenvalue weighted by atomic mass is 9.98. The molecule has 1 aliphatic rings. The molecule has 3 nitrogen and oxygen atoms in total. The molecule has 0 amide bonds.